The number of anilines is 1. The minimum Gasteiger partial charge on any atom is -0.480 e. The first-order valence-electron chi connectivity index (χ1n) is 18.1. The summed E-state index contributed by atoms with van der Waals surface area (Å²) in [6, 6.07) is 14.7. The van der Waals surface area contributed by atoms with Crippen LogP contribution in [-0.2, 0) is 23.9 Å². The molecule has 14 heteroatoms. The van der Waals surface area contributed by atoms with E-state index in [1.165, 1.54) is 0 Å². The highest BCUT2D eigenvalue weighted by atomic mass is 35.5. The molecule has 1 fully saturated rings. The highest BCUT2D eigenvalue weighted by molar-refractivity contribution is 6.74. The molecule has 11 nitrogen and oxygen atoms in total. The average Bonchev–Trinajstić information content (AvgIpc) is 3.13. The fraction of sp³-hybridized carbons (Fsp3) is 0.425. The van der Waals surface area contributed by atoms with Gasteiger partial charge in [0.1, 0.15) is 11.4 Å². The minimum atomic E-state index is -1.87. The maximum absolute atomic E-state index is 13.7. The second-order valence-electron chi connectivity index (χ2n) is 15.5. The van der Waals surface area contributed by atoms with Crippen LogP contribution in [0, 0.1) is 17.2 Å². The third kappa shape index (κ3) is 8.48. The van der Waals surface area contributed by atoms with Crippen LogP contribution in [0.2, 0.25) is 28.2 Å². The van der Waals surface area contributed by atoms with Crippen LogP contribution in [0.3, 0.4) is 0 Å². The van der Waals surface area contributed by atoms with Gasteiger partial charge in [0.05, 0.1) is 52.1 Å². The minimum absolute atomic E-state index is 0.128. The van der Waals surface area contributed by atoms with Crippen LogP contribution in [0.25, 0.3) is 22.4 Å². The Hall–Kier alpha value is -3.93. The average molecular weight is 789 g/mol. The van der Waals surface area contributed by atoms with E-state index >= 15 is 0 Å². The molecule has 2 aliphatic heterocycles. The van der Waals surface area contributed by atoms with Crippen LogP contribution in [0.15, 0.2) is 48.7 Å². The van der Waals surface area contributed by atoms with Gasteiger partial charge in [-0.2, -0.15) is 5.26 Å². The summed E-state index contributed by atoms with van der Waals surface area (Å²) in [5.41, 5.74) is 5.72. The van der Waals surface area contributed by atoms with Crippen molar-refractivity contribution in [1.82, 2.24) is 24.8 Å². The number of amides is 1. The van der Waals surface area contributed by atoms with Crippen molar-refractivity contribution in [2.24, 2.45) is 5.92 Å². The van der Waals surface area contributed by atoms with E-state index in [0.717, 1.165) is 37.4 Å². The number of aliphatic hydroxyl groups excluding tert-OH is 1. The number of benzene rings is 2. The quantitative estimate of drug-likeness (QED) is 0.139. The number of aromatic nitrogens is 3. The molecule has 2 aromatic heterocycles. The first-order valence-corrected chi connectivity index (χ1v) is 21.8. The third-order valence-corrected chi connectivity index (χ3v) is 16.1. The zero-order valence-corrected chi connectivity index (χ0v) is 34.2. The van der Waals surface area contributed by atoms with E-state index in [0.29, 0.717) is 81.4 Å². The topological polar surface area (TPSA) is 137 Å². The number of nitrogens with zero attached hydrogens (tertiary/aromatic N) is 6. The largest absolute Gasteiger partial charge is 0.480 e. The van der Waals surface area contributed by atoms with E-state index in [1.54, 1.807) is 31.5 Å². The van der Waals surface area contributed by atoms with Crippen molar-refractivity contribution < 1.29 is 19.1 Å². The van der Waals surface area contributed by atoms with Crippen molar-refractivity contribution in [2.75, 3.05) is 51.8 Å². The Kier molecular flexibility index (Phi) is 12.1. The zero-order valence-electron chi connectivity index (χ0n) is 31.7. The second kappa shape index (κ2) is 16.4. The molecule has 4 aromatic rings. The number of carbonyl (C=O) groups excluding carboxylic acids is 1. The van der Waals surface area contributed by atoms with Crippen molar-refractivity contribution in [3.05, 3.63) is 86.9 Å². The number of ether oxygens (including phenoxy) is 1. The van der Waals surface area contributed by atoms with Gasteiger partial charge in [-0.25, -0.2) is 9.97 Å². The fourth-order valence-corrected chi connectivity index (χ4v) is 8.18. The van der Waals surface area contributed by atoms with Gasteiger partial charge in [-0.1, -0.05) is 74.3 Å². The van der Waals surface area contributed by atoms with Gasteiger partial charge in [0.15, 0.2) is 8.32 Å². The summed E-state index contributed by atoms with van der Waals surface area (Å²) in [7, 11) is -0.315. The normalized spacial score (nSPS) is 15.3. The van der Waals surface area contributed by atoms with Gasteiger partial charge >= 0.3 is 0 Å². The predicted octanol–water partition coefficient (Wildman–Crippen LogP) is 7.45. The molecule has 54 heavy (non-hydrogen) atoms. The van der Waals surface area contributed by atoms with Crippen LogP contribution >= 0.6 is 23.2 Å². The lowest BCUT2D eigenvalue weighted by Crippen LogP contribution is -2.47. The van der Waals surface area contributed by atoms with Crippen molar-refractivity contribution in [3.8, 4) is 34.3 Å². The van der Waals surface area contributed by atoms with Gasteiger partial charge < -0.3 is 19.6 Å². The molecule has 1 saturated heterocycles. The molecule has 6 rings (SSSR count). The molecule has 0 unspecified atom stereocenters. The van der Waals surface area contributed by atoms with E-state index in [1.807, 2.05) is 24.3 Å². The van der Waals surface area contributed by atoms with Crippen molar-refractivity contribution in [2.45, 2.75) is 58.4 Å². The maximum atomic E-state index is 13.7. The van der Waals surface area contributed by atoms with E-state index in [-0.39, 0.29) is 23.3 Å². The molecule has 2 aliphatic rings. The number of carbonyl (C=O) groups is 1. The van der Waals surface area contributed by atoms with Crippen molar-refractivity contribution in [3.63, 3.8) is 0 Å². The molecule has 0 saturated carbocycles. The van der Waals surface area contributed by atoms with Gasteiger partial charge in [-0.15, -0.1) is 0 Å². The number of pyridine rings is 1. The molecular weight excluding hydrogens is 741 g/mol. The van der Waals surface area contributed by atoms with E-state index < -0.39 is 14.2 Å². The SMILES string of the molecule is COc1nc(-c2cccc(-c3cccc(NC(=O)c4cc(C#N)c5c(n4)CN(CCO[Si](C)(C)C(C)(C)C)CC5)c3Cl)c2Cl)cnc1CN1CC(CO)C1. The summed E-state index contributed by atoms with van der Waals surface area (Å²) < 4.78 is 12.0. The van der Waals surface area contributed by atoms with Crippen LogP contribution < -0.4 is 10.1 Å². The summed E-state index contributed by atoms with van der Waals surface area (Å²) in [5, 5.41) is 23.1. The monoisotopic (exact) mass is 787 g/mol. The molecule has 2 N–H and O–H groups in total. The number of nitriles is 1. The zero-order chi connectivity index (χ0) is 38.8. The lowest BCUT2D eigenvalue weighted by atomic mass is 9.98. The van der Waals surface area contributed by atoms with Gasteiger partial charge in [-0.05, 0) is 42.2 Å². The Balaban J connectivity index is 1.19. The second-order valence-corrected chi connectivity index (χ2v) is 21.0. The fourth-order valence-electron chi connectivity index (χ4n) is 6.54. The number of halogens is 2. The molecule has 4 heterocycles. The standard InChI is InChI=1S/C40H47Cl2N7O4Si/c1-40(2,3)54(5,6)53-16-15-48-14-13-27-26(18-43)17-32(45-34(27)22-48)38(51)46-31-12-8-10-29(37(31)42)28-9-7-11-30(36(28)41)33-19-44-35(39(47-33)52-4)23-49-20-25(21-49)24-50/h7-12,17,19,25,50H,13-16,20-24H2,1-6H3,(H,46,51). The summed E-state index contributed by atoms with van der Waals surface area (Å²) in [6.07, 6.45) is 2.35. The molecule has 1 amide bonds. The molecule has 0 bridgehead atoms. The highest BCUT2D eigenvalue weighted by Gasteiger charge is 2.37. The van der Waals surface area contributed by atoms with Gasteiger partial charge in [0, 0.05) is 75.1 Å². The lowest BCUT2D eigenvalue weighted by molar-refractivity contribution is 0.0462. The summed E-state index contributed by atoms with van der Waals surface area (Å²) in [6.45, 7) is 16.2. The van der Waals surface area contributed by atoms with Crippen molar-refractivity contribution >= 4 is 43.1 Å². The Morgan fingerprint density at radius 3 is 2.46 bits per heavy atom. The Bertz CT molecular complexity index is 2080. The first-order chi connectivity index (χ1) is 25.7. The number of likely N-dealkylation sites (tertiary alicyclic amines) is 1. The maximum Gasteiger partial charge on any atom is 0.274 e. The lowest BCUT2D eigenvalue weighted by Gasteiger charge is -2.37. The molecular formula is C40H47Cl2N7O4Si. The number of hydrogen-bond acceptors (Lipinski definition) is 10. The van der Waals surface area contributed by atoms with Crippen LogP contribution in [0.4, 0.5) is 5.69 Å². The first kappa shape index (κ1) is 39.8. The molecule has 0 radical (unpaired) electrons. The van der Waals surface area contributed by atoms with Gasteiger partial charge in [0.2, 0.25) is 5.88 Å². The number of rotatable bonds is 12. The van der Waals surface area contributed by atoms with Gasteiger partial charge in [-0.3, -0.25) is 19.6 Å². The summed E-state index contributed by atoms with van der Waals surface area (Å²) in [5.74, 6) is 0.220. The third-order valence-electron chi connectivity index (χ3n) is 10.8. The number of aliphatic hydroxyl groups is 1. The summed E-state index contributed by atoms with van der Waals surface area (Å²) in [4.78, 5) is 32.3. The van der Waals surface area contributed by atoms with E-state index in [4.69, 9.17) is 42.3 Å². The van der Waals surface area contributed by atoms with Crippen LogP contribution in [-0.4, -0.2) is 90.6 Å². The van der Waals surface area contributed by atoms with Crippen LogP contribution in [0.1, 0.15) is 53.8 Å². The Morgan fingerprint density at radius 2 is 1.78 bits per heavy atom. The molecule has 0 spiro atoms. The molecule has 0 aliphatic carbocycles. The summed E-state index contributed by atoms with van der Waals surface area (Å²) >= 11 is 14.0. The molecule has 0 atom stereocenters. The smallest absolute Gasteiger partial charge is 0.274 e. The molecule has 2 aromatic carbocycles. The predicted molar refractivity (Wildman–Crippen MR) is 214 cm³/mol. The number of hydrogen-bond donors (Lipinski definition) is 2. The van der Waals surface area contributed by atoms with Crippen LogP contribution in [0.5, 0.6) is 5.88 Å². The van der Waals surface area contributed by atoms with Gasteiger partial charge in [0.25, 0.3) is 5.91 Å². The van der Waals surface area contributed by atoms with E-state index in [2.05, 4.69) is 60.0 Å². The number of methoxy groups -OCH3 is 1. The van der Waals surface area contributed by atoms with Crippen molar-refractivity contribution in [1.29, 1.82) is 5.26 Å². The number of fused-ring (bicyclic) bond motifs is 1. The Morgan fingerprint density at radius 1 is 1.07 bits per heavy atom. The highest BCUT2D eigenvalue weighted by Crippen LogP contribution is 2.42. The molecule has 284 valence electrons. The number of nitrogens with one attached hydrogen (secondary N) is 1. The van der Waals surface area contributed by atoms with E-state index in [9.17, 15) is 15.2 Å². The Labute approximate surface area is 328 Å².